The number of hydrazone groups is 1. The van der Waals surface area contributed by atoms with Crippen LogP contribution >= 0.6 is 0 Å². The fraction of sp³-hybridized carbons (Fsp3) is 0.611. The van der Waals surface area contributed by atoms with Crippen LogP contribution < -0.4 is 4.83 Å². The highest BCUT2D eigenvalue weighted by Crippen LogP contribution is 2.24. The number of rotatable bonds is 6. The smallest absolute Gasteiger partial charge is 0.200 e. The van der Waals surface area contributed by atoms with Gasteiger partial charge >= 0.3 is 0 Å². The zero-order valence-electron chi connectivity index (χ0n) is 14.4. The summed E-state index contributed by atoms with van der Waals surface area (Å²) in [6.45, 7) is 6.22. The second kappa shape index (κ2) is 7.95. The third-order valence-electron chi connectivity index (χ3n) is 4.42. The SMILES string of the molecule is CC(=NNS(=O)(=O)c1ccc(CC(C)C)cc1)C1CCCCC1. The highest BCUT2D eigenvalue weighted by atomic mass is 32.2. The number of benzene rings is 1. The standard InChI is InChI=1S/C18H28N2O2S/c1-14(2)13-16-9-11-18(12-10-16)23(21,22)20-19-15(3)17-7-5-4-6-8-17/h9-12,14,17,20H,4-8,13H2,1-3H3. The Hall–Kier alpha value is -1.36. The fourth-order valence-corrected chi connectivity index (χ4v) is 3.94. The zero-order chi connectivity index (χ0) is 16.9. The first-order valence-corrected chi connectivity index (χ1v) is 10.0. The number of hydrogen-bond acceptors (Lipinski definition) is 3. The lowest BCUT2D eigenvalue weighted by molar-refractivity contribution is 0.437. The quantitative estimate of drug-likeness (QED) is 0.627. The van der Waals surface area contributed by atoms with Crippen molar-refractivity contribution in [2.45, 2.75) is 64.2 Å². The summed E-state index contributed by atoms with van der Waals surface area (Å²) in [5.74, 6) is 0.971. The van der Waals surface area contributed by atoms with E-state index in [1.54, 1.807) is 12.1 Å². The van der Waals surface area contributed by atoms with E-state index in [9.17, 15) is 8.42 Å². The summed E-state index contributed by atoms with van der Waals surface area (Å²) < 4.78 is 24.7. The molecule has 0 aromatic heterocycles. The normalized spacial score (nSPS) is 17.5. The van der Waals surface area contributed by atoms with E-state index in [0.717, 1.165) is 30.5 Å². The van der Waals surface area contributed by atoms with E-state index in [-0.39, 0.29) is 4.90 Å². The topological polar surface area (TPSA) is 58.5 Å². The van der Waals surface area contributed by atoms with Gasteiger partial charge in [-0.2, -0.15) is 13.5 Å². The third-order valence-corrected chi connectivity index (χ3v) is 5.64. The lowest BCUT2D eigenvalue weighted by atomic mass is 9.86. The minimum atomic E-state index is -3.58. The molecule has 1 aromatic rings. The van der Waals surface area contributed by atoms with E-state index in [1.807, 2.05) is 19.1 Å². The predicted molar refractivity (Wildman–Crippen MR) is 95.0 cm³/mol. The zero-order valence-corrected chi connectivity index (χ0v) is 15.2. The van der Waals surface area contributed by atoms with Crippen molar-refractivity contribution >= 4 is 15.7 Å². The van der Waals surface area contributed by atoms with Crippen LogP contribution in [0, 0.1) is 11.8 Å². The Morgan fingerprint density at radius 2 is 1.78 bits per heavy atom. The van der Waals surface area contributed by atoms with E-state index in [4.69, 9.17) is 0 Å². The van der Waals surface area contributed by atoms with Crippen LogP contribution in [0.1, 0.15) is 58.4 Å². The molecule has 0 heterocycles. The van der Waals surface area contributed by atoms with Crippen molar-refractivity contribution < 1.29 is 8.42 Å². The van der Waals surface area contributed by atoms with Crippen LogP contribution in [0.15, 0.2) is 34.3 Å². The maximum absolute atomic E-state index is 12.3. The van der Waals surface area contributed by atoms with Crippen molar-refractivity contribution in [3.05, 3.63) is 29.8 Å². The van der Waals surface area contributed by atoms with Gasteiger partial charge in [-0.05, 0) is 55.7 Å². The number of nitrogens with one attached hydrogen (secondary N) is 1. The summed E-state index contributed by atoms with van der Waals surface area (Å²) >= 11 is 0. The summed E-state index contributed by atoms with van der Waals surface area (Å²) in [7, 11) is -3.58. The van der Waals surface area contributed by atoms with Crippen molar-refractivity contribution in [3.63, 3.8) is 0 Å². The summed E-state index contributed by atoms with van der Waals surface area (Å²) in [6, 6.07) is 7.08. The average Bonchev–Trinajstić information content (AvgIpc) is 2.53. The summed E-state index contributed by atoms with van der Waals surface area (Å²) in [6.07, 6.45) is 6.87. The molecule has 1 saturated carbocycles. The number of hydrogen-bond donors (Lipinski definition) is 1. The van der Waals surface area contributed by atoms with Gasteiger partial charge in [0.25, 0.3) is 10.0 Å². The molecule has 1 aromatic carbocycles. The van der Waals surface area contributed by atoms with Gasteiger partial charge in [-0.1, -0.05) is 45.2 Å². The predicted octanol–water partition coefficient (Wildman–Crippen LogP) is 4.12. The van der Waals surface area contributed by atoms with Gasteiger partial charge in [0, 0.05) is 5.71 Å². The Balaban J connectivity index is 2.03. The monoisotopic (exact) mass is 336 g/mol. The second-order valence-corrected chi connectivity index (χ2v) is 8.59. The van der Waals surface area contributed by atoms with Gasteiger partial charge in [-0.15, -0.1) is 0 Å². The Labute approximate surface area is 140 Å². The first-order valence-electron chi connectivity index (χ1n) is 8.53. The molecule has 5 heteroatoms. The van der Waals surface area contributed by atoms with E-state index in [1.165, 1.54) is 19.3 Å². The number of nitrogens with zero attached hydrogens (tertiary/aromatic N) is 1. The van der Waals surface area contributed by atoms with Crippen LogP contribution in [0.25, 0.3) is 0 Å². The molecule has 0 saturated heterocycles. The van der Waals surface area contributed by atoms with Gasteiger partial charge in [0.15, 0.2) is 0 Å². The molecule has 128 valence electrons. The maximum Gasteiger partial charge on any atom is 0.276 e. The lowest BCUT2D eigenvalue weighted by Crippen LogP contribution is -2.23. The van der Waals surface area contributed by atoms with Crippen molar-refractivity contribution in [2.24, 2.45) is 16.9 Å². The average molecular weight is 337 g/mol. The summed E-state index contributed by atoms with van der Waals surface area (Å²) in [5, 5.41) is 4.15. The molecule has 0 bridgehead atoms. The maximum atomic E-state index is 12.3. The highest BCUT2D eigenvalue weighted by Gasteiger charge is 2.18. The van der Waals surface area contributed by atoms with E-state index in [2.05, 4.69) is 23.8 Å². The van der Waals surface area contributed by atoms with Crippen LogP contribution in [0.5, 0.6) is 0 Å². The minimum Gasteiger partial charge on any atom is -0.200 e. The Morgan fingerprint density at radius 3 is 2.35 bits per heavy atom. The molecule has 1 aliphatic rings. The largest absolute Gasteiger partial charge is 0.276 e. The van der Waals surface area contributed by atoms with Crippen molar-refractivity contribution in [3.8, 4) is 0 Å². The van der Waals surface area contributed by atoms with Gasteiger partial charge in [0.1, 0.15) is 0 Å². The van der Waals surface area contributed by atoms with Gasteiger partial charge < -0.3 is 0 Å². The molecule has 0 radical (unpaired) electrons. The molecular weight excluding hydrogens is 308 g/mol. The first-order chi connectivity index (χ1) is 10.9. The molecule has 0 amide bonds. The molecule has 1 fully saturated rings. The van der Waals surface area contributed by atoms with E-state index < -0.39 is 10.0 Å². The van der Waals surface area contributed by atoms with E-state index in [0.29, 0.717) is 11.8 Å². The Kier molecular flexibility index (Phi) is 6.22. The van der Waals surface area contributed by atoms with Crippen molar-refractivity contribution in [1.29, 1.82) is 0 Å². The molecule has 1 N–H and O–H groups in total. The first kappa shape index (κ1) is 18.0. The van der Waals surface area contributed by atoms with Crippen LogP contribution in [-0.4, -0.2) is 14.1 Å². The van der Waals surface area contributed by atoms with Gasteiger partial charge in [0.05, 0.1) is 4.90 Å². The minimum absolute atomic E-state index is 0.269. The molecular formula is C18H28N2O2S. The molecule has 0 unspecified atom stereocenters. The molecule has 4 nitrogen and oxygen atoms in total. The van der Waals surface area contributed by atoms with Crippen LogP contribution in [0.2, 0.25) is 0 Å². The molecule has 23 heavy (non-hydrogen) atoms. The third kappa shape index (κ3) is 5.34. The molecule has 2 rings (SSSR count). The fourth-order valence-electron chi connectivity index (χ4n) is 3.07. The second-order valence-electron chi connectivity index (χ2n) is 6.92. The molecule has 0 spiro atoms. The number of sulfonamides is 1. The summed E-state index contributed by atoms with van der Waals surface area (Å²) in [4.78, 5) is 2.66. The van der Waals surface area contributed by atoms with Crippen molar-refractivity contribution in [1.82, 2.24) is 4.83 Å². The lowest BCUT2D eigenvalue weighted by Gasteiger charge is -2.21. The summed E-state index contributed by atoms with van der Waals surface area (Å²) in [5.41, 5.74) is 2.05. The molecule has 0 aliphatic heterocycles. The Bertz CT molecular complexity index is 627. The van der Waals surface area contributed by atoms with Crippen LogP contribution in [0.3, 0.4) is 0 Å². The van der Waals surface area contributed by atoms with Crippen LogP contribution in [0.4, 0.5) is 0 Å². The molecule has 1 aliphatic carbocycles. The van der Waals surface area contributed by atoms with Gasteiger partial charge in [0.2, 0.25) is 0 Å². The molecule has 0 atom stereocenters. The van der Waals surface area contributed by atoms with Gasteiger partial charge in [-0.25, -0.2) is 4.83 Å². The van der Waals surface area contributed by atoms with Gasteiger partial charge in [-0.3, -0.25) is 0 Å². The Morgan fingerprint density at radius 1 is 1.17 bits per heavy atom. The van der Waals surface area contributed by atoms with E-state index >= 15 is 0 Å². The van der Waals surface area contributed by atoms with Crippen molar-refractivity contribution in [2.75, 3.05) is 0 Å². The van der Waals surface area contributed by atoms with Crippen LogP contribution in [-0.2, 0) is 16.4 Å². The highest BCUT2D eigenvalue weighted by molar-refractivity contribution is 7.89.